The molecule has 1 saturated heterocycles. The minimum atomic E-state index is 0.755. The average Bonchev–Trinajstić information content (AvgIpc) is 2.97. The zero-order chi connectivity index (χ0) is 15.6. The van der Waals surface area contributed by atoms with Gasteiger partial charge in [0.25, 0.3) is 0 Å². The summed E-state index contributed by atoms with van der Waals surface area (Å²) in [6.07, 6.45) is 5.83. The molecule has 4 heterocycles. The lowest BCUT2D eigenvalue weighted by Gasteiger charge is -2.35. The van der Waals surface area contributed by atoms with Crippen molar-refractivity contribution >= 4 is 17.2 Å². The van der Waals surface area contributed by atoms with Gasteiger partial charge in [0.2, 0.25) is 0 Å². The van der Waals surface area contributed by atoms with Crippen LogP contribution in [0.2, 0.25) is 0 Å². The number of hydrogen-bond donors (Lipinski definition) is 1. The first kappa shape index (κ1) is 14.0. The molecule has 1 fully saturated rings. The molecule has 23 heavy (non-hydrogen) atoms. The molecule has 0 amide bonds. The van der Waals surface area contributed by atoms with Crippen LogP contribution in [0.3, 0.4) is 0 Å². The second kappa shape index (κ2) is 5.89. The van der Waals surface area contributed by atoms with E-state index in [9.17, 15) is 0 Å². The zero-order valence-corrected chi connectivity index (χ0v) is 13.0. The molecule has 3 aromatic heterocycles. The predicted molar refractivity (Wildman–Crippen MR) is 91.3 cm³/mol. The molecule has 118 valence electrons. The standard InChI is InChI=1S/C17H20N6/c18-14-4-5-17-20-15(13-23(17)11-14)12-21-7-9-22(10-8-21)16-3-1-2-6-19-16/h1-6,11,13H,7-10,12,18H2. The highest BCUT2D eigenvalue weighted by atomic mass is 15.3. The summed E-state index contributed by atoms with van der Waals surface area (Å²) >= 11 is 0. The fourth-order valence-corrected chi connectivity index (χ4v) is 3.04. The number of nitrogens with two attached hydrogens (primary N) is 1. The SMILES string of the molecule is Nc1ccc2nc(CN3CCN(c4ccccn4)CC3)cn2c1. The summed E-state index contributed by atoms with van der Waals surface area (Å²) in [6.45, 7) is 4.91. The number of rotatable bonds is 3. The molecule has 3 aromatic rings. The van der Waals surface area contributed by atoms with Gasteiger partial charge in [-0.25, -0.2) is 9.97 Å². The van der Waals surface area contributed by atoms with Gasteiger partial charge in [-0.3, -0.25) is 4.90 Å². The number of nitrogens with zero attached hydrogens (tertiary/aromatic N) is 5. The third-order valence-electron chi connectivity index (χ3n) is 4.25. The van der Waals surface area contributed by atoms with Gasteiger partial charge in [0.15, 0.2) is 0 Å². The second-order valence-corrected chi connectivity index (χ2v) is 5.91. The molecule has 6 nitrogen and oxygen atoms in total. The summed E-state index contributed by atoms with van der Waals surface area (Å²) in [5, 5.41) is 0. The van der Waals surface area contributed by atoms with Gasteiger partial charge in [-0.1, -0.05) is 6.07 Å². The summed E-state index contributed by atoms with van der Waals surface area (Å²) in [4.78, 5) is 13.9. The number of nitrogen functional groups attached to an aromatic ring is 1. The van der Waals surface area contributed by atoms with Crippen LogP contribution in [-0.4, -0.2) is 45.4 Å². The zero-order valence-electron chi connectivity index (χ0n) is 13.0. The van der Waals surface area contributed by atoms with Crippen LogP contribution < -0.4 is 10.6 Å². The smallest absolute Gasteiger partial charge is 0.137 e. The van der Waals surface area contributed by atoms with Crippen molar-refractivity contribution < 1.29 is 0 Å². The number of piperazine rings is 1. The van der Waals surface area contributed by atoms with Gasteiger partial charge >= 0.3 is 0 Å². The van der Waals surface area contributed by atoms with E-state index in [0.717, 1.165) is 55.6 Å². The maximum Gasteiger partial charge on any atom is 0.137 e. The second-order valence-electron chi connectivity index (χ2n) is 5.91. The van der Waals surface area contributed by atoms with Crippen molar-refractivity contribution in [3.63, 3.8) is 0 Å². The fraction of sp³-hybridized carbons (Fsp3) is 0.294. The van der Waals surface area contributed by atoms with Crippen LogP contribution in [0, 0.1) is 0 Å². The Bertz CT molecular complexity index is 789. The Balaban J connectivity index is 1.40. The normalized spacial score (nSPS) is 16.1. The maximum absolute atomic E-state index is 5.82. The van der Waals surface area contributed by atoms with Crippen LogP contribution in [0.15, 0.2) is 48.9 Å². The molecule has 0 aliphatic carbocycles. The molecule has 0 atom stereocenters. The summed E-state index contributed by atoms with van der Waals surface area (Å²) in [7, 11) is 0. The third kappa shape index (κ3) is 2.98. The first-order valence-electron chi connectivity index (χ1n) is 7.89. The third-order valence-corrected chi connectivity index (χ3v) is 4.25. The molecule has 0 bridgehead atoms. The topological polar surface area (TPSA) is 62.7 Å². The van der Waals surface area contributed by atoms with Crippen LogP contribution in [-0.2, 0) is 6.54 Å². The molecule has 0 saturated carbocycles. The van der Waals surface area contributed by atoms with E-state index in [1.807, 2.05) is 41.1 Å². The van der Waals surface area contributed by atoms with Crippen LogP contribution in [0.5, 0.6) is 0 Å². The van der Waals surface area contributed by atoms with Crippen molar-refractivity contribution in [2.45, 2.75) is 6.54 Å². The van der Waals surface area contributed by atoms with E-state index in [-0.39, 0.29) is 0 Å². The molecule has 1 aliphatic rings. The molecule has 0 unspecified atom stereocenters. The molecule has 0 spiro atoms. The Morgan fingerprint density at radius 1 is 1.00 bits per heavy atom. The van der Waals surface area contributed by atoms with Crippen LogP contribution >= 0.6 is 0 Å². The summed E-state index contributed by atoms with van der Waals surface area (Å²) in [5.74, 6) is 1.07. The molecular formula is C17H20N6. The number of fused-ring (bicyclic) bond motifs is 1. The van der Waals surface area contributed by atoms with Crippen LogP contribution in [0.1, 0.15) is 5.69 Å². The van der Waals surface area contributed by atoms with E-state index in [1.54, 1.807) is 0 Å². The van der Waals surface area contributed by atoms with Gasteiger partial charge in [0.05, 0.1) is 5.69 Å². The highest BCUT2D eigenvalue weighted by molar-refractivity contribution is 5.48. The van der Waals surface area contributed by atoms with Gasteiger partial charge in [0.1, 0.15) is 11.5 Å². The number of hydrogen-bond acceptors (Lipinski definition) is 5. The van der Waals surface area contributed by atoms with Crippen LogP contribution in [0.25, 0.3) is 5.65 Å². The van der Waals surface area contributed by atoms with E-state index in [4.69, 9.17) is 5.73 Å². The van der Waals surface area contributed by atoms with Crippen molar-refractivity contribution in [3.05, 3.63) is 54.6 Å². The lowest BCUT2D eigenvalue weighted by atomic mass is 10.3. The van der Waals surface area contributed by atoms with Crippen LogP contribution in [0.4, 0.5) is 11.5 Å². The quantitative estimate of drug-likeness (QED) is 0.797. The molecule has 1 aliphatic heterocycles. The minimum Gasteiger partial charge on any atom is -0.398 e. The van der Waals surface area contributed by atoms with Crippen molar-refractivity contribution in [2.24, 2.45) is 0 Å². The van der Waals surface area contributed by atoms with E-state index >= 15 is 0 Å². The number of anilines is 2. The number of aromatic nitrogens is 3. The molecular weight excluding hydrogens is 288 g/mol. The Morgan fingerprint density at radius 3 is 2.65 bits per heavy atom. The number of pyridine rings is 2. The Hall–Kier alpha value is -2.60. The first-order chi connectivity index (χ1) is 11.3. The van der Waals surface area contributed by atoms with Gasteiger partial charge in [-0.2, -0.15) is 0 Å². The molecule has 6 heteroatoms. The largest absolute Gasteiger partial charge is 0.398 e. The van der Waals surface area contributed by atoms with Gasteiger partial charge < -0.3 is 15.0 Å². The maximum atomic E-state index is 5.82. The molecule has 4 rings (SSSR count). The Morgan fingerprint density at radius 2 is 1.87 bits per heavy atom. The first-order valence-corrected chi connectivity index (χ1v) is 7.89. The van der Waals surface area contributed by atoms with Crippen molar-refractivity contribution in [2.75, 3.05) is 36.8 Å². The predicted octanol–water partition coefficient (Wildman–Crippen LogP) is 1.63. The van der Waals surface area contributed by atoms with E-state index in [1.165, 1.54) is 0 Å². The Labute approximate surface area is 135 Å². The molecule has 0 radical (unpaired) electrons. The fourth-order valence-electron chi connectivity index (χ4n) is 3.04. The summed E-state index contributed by atoms with van der Waals surface area (Å²) < 4.78 is 1.99. The Kier molecular flexibility index (Phi) is 3.59. The average molecular weight is 308 g/mol. The van der Waals surface area contributed by atoms with E-state index in [0.29, 0.717) is 0 Å². The monoisotopic (exact) mass is 308 g/mol. The summed E-state index contributed by atoms with van der Waals surface area (Å²) in [6, 6.07) is 9.91. The molecule has 0 aromatic carbocycles. The van der Waals surface area contributed by atoms with Crippen molar-refractivity contribution in [1.29, 1.82) is 0 Å². The van der Waals surface area contributed by atoms with E-state index < -0.39 is 0 Å². The van der Waals surface area contributed by atoms with Gasteiger partial charge in [0, 0.05) is 57.0 Å². The summed E-state index contributed by atoms with van der Waals surface area (Å²) in [5.41, 5.74) is 8.60. The number of imidazole rings is 1. The molecule has 2 N–H and O–H groups in total. The highest BCUT2D eigenvalue weighted by Gasteiger charge is 2.18. The van der Waals surface area contributed by atoms with Gasteiger partial charge in [-0.05, 0) is 24.3 Å². The lowest BCUT2D eigenvalue weighted by Crippen LogP contribution is -2.46. The van der Waals surface area contributed by atoms with E-state index in [2.05, 4.69) is 32.0 Å². The lowest BCUT2D eigenvalue weighted by molar-refractivity contribution is 0.247. The van der Waals surface area contributed by atoms with Crippen molar-refractivity contribution in [3.8, 4) is 0 Å². The highest BCUT2D eigenvalue weighted by Crippen LogP contribution is 2.15. The van der Waals surface area contributed by atoms with Gasteiger partial charge in [-0.15, -0.1) is 0 Å². The van der Waals surface area contributed by atoms with Crippen molar-refractivity contribution in [1.82, 2.24) is 19.3 Å². The minimum absolute atomic E-state index is 0.755.